The van der Waals surface area contributed by atoms with Crippen LogP contribution in [0.4, 0.5) is 17.1 Å². The topological polar surface area (TPSA) is 168 Å². The summed E-state index contributed by atoms with van der Waals surface area (Å²) in [6.45, 7) is 3.73. The molecule has 0 radical (unpaired) electrons. The molecule has 178 valence electrons. The summed E-state index contributed by atoms with van der Waals surface area (Å²) in [4.78, 5) is 20.8. The van der Waals surface area contributed by atoms with Crippen molar-refractivity contribution in [2.45, 2.75) is 46.0 Å². The van der Waals surface area contributed by atoms with Gasteiger partial charge in [0.25, 0.3) is 5.69 Å². The zero-order valence-electron chi connectivity index (χ0n) is 18.8. The Balaban J connectivity index is 1.91. The molecule has 0 bridgehead atoms. The fourth-order valence-electron chi connectivity index (χ4n) is 3.51. The summed E-state index contributed by atoms with van der Waals surface area (Å²) in [6, 6.07) is 8.22. The average molecular weight is 467 g/mol. The molecule has 3 N–H and O–H groups in total. The predicted octanol–water partition coefficient (Wildman–Crippen LogP) is 5.39. The molecule has 0 atom stereocenters. The summed E-state index contributed by atoms with van der Waals surface area (Å²) in [7, 11) is 0. The molecule has 34 heavy (non-hydrogen) atoms. The van der Waals surface area contributed by atoms with E-state index in [2.05, 4.69) is 17.5 Å². The van der Waals surface area contributed by atoms with Gasteiger partial charge in [-0.25, -0.2) is 0 Å². The van der Waals surface area contributed by atoms with Crippen LogP contribution in [-0.2, 0) is 6.42 Å². The van der Waals surface area contributed by atoms with E-state index in [-0.39, 0.29) is 17.0 Å². The van der Waals surface area contributed by atoms with Gasteiger partial charge in [-0.3, -0.25) is 31.1 Å². The van der Waals surface area contributed by atoms with Crippen LogP contribution in [0.3, 0.4) is 0 Å². The van der Waals surface area contributed by atoms with Crippen LogP contribution in [0.15, 0.2) is 45.9 Å². The SMILES string of the molecule is CCCCCCc1cc2cc(C(C)=NNc3ccc([N+](=O)[O-])cc3[N+](=O)[O-])c(=N)oc2cc1O. The third-order valence-electron chi connectivity index (χ3n) is 5.39. The van der Waals surface area contributed by atoms with Crippen molar-refractivity contribution >= 4 is 33.7 Å². The fraction of sp³-hybridized carbons (Fsp3) is 0.304. The van der Waals surface area contributed by atoms with Gasteiger partial charge in [-0.05, 0) is 43.5 Å². The molecule has 0 spiro atoms. The number of rotatable bonds is 10. The smallest absolute Gasteiger partial charge is 0.301 e. The predicted molar refractivity (Wildman–Crippen MR) is 127 cm³/mol. The number of hydrazone groups is 1. The molecule has 0 aliphatic rings. The number of hydrogen-bond donors (Lipinski definition) is 3. The zero-order valence-corrected chi connectivity index (χ0v) is 18.8. The first-order valence-corrected chi connectivity index (χ1v) is 10.8. The highest BCUT2D eigenvalue weighted by molar-refractivity contribution is 6.01. The highest BCUT2D eigenvalue weighted by Gasteiger charge is 2.19. The molecule has 0 unspecified atom stereocenters. The van der Waals surface area contributed by atoms with Crippen LogP contribution in [0.2, 0.25) is 0 Å². The van der Waals surface area contributed by atoms with Crippen molar-refractivity contribution in [3.8, 4) is 5.75 Å². The summed E-state index contributed by atoms with van der Waals surface area (Å²) in [5.74, 6) is 0.123. The van der Waals surface area contributed by atoms with E-state index in [9.17, 15) is 25.3 Å². The monoisotopic (exact) mass is 467 g/mol. The van der Waals surface area contributed by atoms with Crippen LogP contribution < -0.4 is 11.0 Å². The molecule has 3 rings (SSSR count). The Morgan fingerprint density at radius 2 is 1.88 bits per heavy atom. The van der Waals surface area contributed by atoms with Crippen LogP contribution in [0.1, 0.15) is 50.7 Å². The van der Waals surface area contributed by atoms with Crippen molar-refractivity contribution in [3.05, 3.63) is 73.3 Å². The second-order valence-corrected chi connectivity index (χ2v) is 7.84. The Morgan fingerprint density at radius 1 is 1.12 bits per heavy atom. The Labute approximate surface area is 194 Å². The van der Waals surface area contributed by atoms with Gasteiger partial charge in [-0.1, -0.05) is 26.2 Å². The number of fused-ring (bicyclic) bond motifs is 1. The van der Waals surface area contributed by atoms with E-state index in [1.54, 1.807) is 13.0 Å². The summed E-state index contributed by atoms with van der Waals surface area (Å²) in [5, 5.41) is 45.5. The minimum Gasteiger partial charge on any atom is -0.508 e. The maximum absolute atomic E-state index is 11.3. The van der Waals surface area contributed by atoms with Gasteiger partial charge in [-0.2, -0.15) is 5.10 Å². The van der Waals surface area contributed by atoms with Crippen molar-refractivity contribution in [1.82, 2.24) is 0 Å². The van der Waals surface area contributed by atoms with Crippen LogP contribution in [0.25, 0.3) is 11.0 Å². The number of nitro benzene ring substituents is 2. The number of non-ortho nitro benzene ring substituents is 1. The Hall–Kier alpha value is -4.28. The molecule has 3 aromatic rings. The van der Waals surface area contributed by atoms with Gasteiger partial charge in [0.15, 0.2) is 0 Å². The number of nitrogens with zero attached hydrogens (tertiary/aromatic N) is 3. The molecule has 0 saturated heterocycles. The Morgan fingerprint density at radius 3 is 2.56 bits per heavy atom. The number of aryl methyl sites for hydroxylation is 1. The summed E-state index contributed by atoms with van der Waals surface area (Å²) in [6.07, 6.45) is 4.99. The van der Waals surface area contributed by atoms with Crippen molar-refractivity contribution in [3.63, 3.8) is 0 Å². The van der Waals surface area contributed by atoms with Crippen LogP contribution >= 0.6 is 0 Å². The van der Waals surface area contributed by atoms with E-state index in [0.29, 0.717) is 22.2 Å². The van der Waals surface area contributed by atoms with Crippen LogP contribution in [0.5, 0.6) is 5.75 Å². The highest BCUT2D eigenvalue weighted by atomic mass is 16.6. The van der Waals surface area contributed by atoms with Crippen molar-refractivity contribution < 1.29 is 19.4 Å². The molecule has 1 aromatic heterocycles. The maximum atomic E-state index is 11.3. The van der Waals surface area contributed by atoms with Gasteiger partial charge < -0.3 is 9.52 Å². The van der Waals surface area contributed by atoms with Crippen molar-refractivity contribution in [2.24, 2.45) is 5.10 Å². The lowest BCUT2D eigenvalue weighted by Crippen LogP contribution is -2.14. The lowest BCUT2D eigenvalue weighted by molar-refractivity contribution is -0.393. The highest BCUT2D eigenvalue weighted by Crippen LogP contribution is 2.29. The molecule has 2 aromatic carbocycles. The van der Waals surface area contributed by atoms with Crippen molar-refractivity contribution in [1.29, 1.82) is 5.41 Å². The Kier molecular flexibility index (Phi) is 7.57. The molecule has 1 heterocycles. The third kappa shape index (κ3) is 5.55. The standard InChI is InChI=1S/C23H25N5O6/c1-3-4-5-6-7-15-10-16-11-18(23(24)34-22(16)13-21(15)29)14(2)25-26-19-9-8-17(27(30)31)12-20(19)28(32)33/h8-13,24,26,29H,3-7H2,1-2H3. The number of benzene rings is 2. The van der Waals surface area contributed by atoms with Crippen molar-refractivity contribution in [2.75, 3.05) is 5.43 Å². The molecule has 0 fully saturated rings. The van der Waals surface area contributed by atoms with Gasteiger partial charge in [0.1, 0.15) is 17.0 Å². The first-order chi connectivity index (χ1) is 16.2. The van der Waals surface area contributed by atoms with E-state index in [0.717, 1.165) is 49.8 Å². The zero-order chi connectivity index (χ0) is 24.8. The molecular weight excluding hydrogens is 442 g/mol. The Bertz CT molecular complexity index is 1330. The van der Waals surface area contributed by atoms with E-state index in [1.165, 1.54) is 12.1 Å². The van der Waals surface area contributed by atoms with E-state index in [1.807, 2.05) is 6.07 Å². The number of aromatic hydroxyl groups is 1. The second kappa shape index (κ2) is 10.6. The molecular formula is C23H25N5O6. The van der Waals surface area contributed by atoms with Crippen LogP contribution in [0, 0.1) is 25.6 Å². The number of phenols is 1. The van der Waals surface area contributed by atoms with Gasteiger partial charge in [0.05, 0.1) is 27.2 Å². The quantitative estimate of drug-likeness (QED) is 0.155. The molecule has 11 nitrogen and oxygen atoms in total. The molecule has 0 saturated carbocycles. The van der Waals surface area contributed by atoms with Crippen LogP contribution in [-0.4, -0.2) is 20.7 Å². The largest absolute Gasteiger partial charge is 0.508 e. The molecule has 11 heteroatoms. The third-order valence-corrected chi connectivity index (χ3v) is 5.39. The summed E-state index contributed by atoms with van der Waals surface area (Å²) >= 11 is 0. The van der Waals surface area contributed by atoms with Gasteiger partial charge >= 0.3 is 5.69 Å². The van der Waals surface area contributed by atoms with E-state index in [4.69, 9.17) is 9.83 Å². The number of hydrogen-bond acceptors (Lipinski definition) is 9. The first-order valence-electron chi connectivity index (χ1n) is 10.8. The summed E-state index contributed by atoms with van der Waals surface area (Å²) < 4.78 is 5.56. The number of unbranched alkanes of at least 4 members (excludes halogenated alkanes) is 3. The lowest BCUT2D eigenvalue weighted by atomic mass is 10.0. The fourth-order valence-corrected chi connectivity index (χ4v) is 3.51. The molecule has 0 aliphatic carbocycles. The van der Waals surface area contributed by atoms with Gasteiger partial charge in [-0.15, -0.1) is 0 Å². The second-order valence-electron chi connectivity index (χ2n) is 7.84. The average Bonchev–Trinajstić information content (AvgIpc) is 2.80. The number of nitrogens with one attached hydrogen (secondary N) is 2. The van der Waals surface area contributed by atoms with E-state index < -0.39 is 21.2 Å². The number of anilines is 1. The number of phenolic OH excluding ortho intramolecular Hbond substituents is 1. The minimum absolute atomic E-state index is 0.0292. The molecule has 0 amide bonds. The first kappa shape index (κ1) is 24.4. The maximum Gasteiger partial charge on any atom is 0.301 e. The van der Waals surface area contributed by atoms with Gasteiger partial charge in [0, 0.05) is 17.5 Å². The van der Waals surface area contributed by atoms with Gasteiger partial charge in [0.2, 0.25) is 5.55 Å². The summed E-state index contributed by atoms with van der Waals surface area (Å²) in [5.41, 5.74) is 3.25. The molecule has 0 aliphatic heterocycles. The minimum atomic E-state index is -0.740. The lowest BCUT2D eigenvalue weighted by Gasteiger charge is -2.09. The normalized spacial score (nSPS) is 11.5. The van der Waals surface area contributed by atoms with E-state index >= 15 is 0 Å². The number of nitro groups is 2.